The Kier molecular flexibility index (Phi) is 6.08. The highest BCUT2D eigenvalue weighted by Gasteiger charge is 2.38. The Hall–Kier alpha value is -3.45. The first kappa shape index (κ1) is 22.7. The summed E-state index contributed by atoms with van der Waals surface area (Å²) in [5, 5.41) is 6.85. The van der Waals surface area contributed by atoms with Crippen molar-refractivity contribution in [2.24, 2.45) is 0 Å². The van der Waals surface area contributed by atoms with Gasteiger partial charge in [-0.1, -0.05) is 12.1 Å². The second-order valence-corrected chi connectivity index (χ2v) is 9.96. The van der Waals surface area contributed by atoms with E-state index in [1.807, 2.05) is 36.4 Å². The van der Waals surface area contributed by atoms with Crippen molar-refractivity contribution in [2.45, 2.75) is 57.7 Å². The van der Waals surface area contributed by atoms with Gasteiger partial charge in [-0.25, -0.2) is 9.97 Å². The summed E-state index contributed by atoms with van der Waals surface area (Å²) in [5.74, 6) is 1.51. The molecule has 1 aliphatic rings. The van der Waals surface area contributed by atoms with Gasteiger partial charge >= 0.3 is 0 Å². The van der Waals surface area contributed by atoms with E-state index >= 15 is 0 Å². The van der Waals surface area contributed by atoms with E-state index in [9.17, 15) is 4.79 Å². The number of piperidine rings is 1. The summed E-state index contributed by atoms with van der Waals surface area (Å²) in [4.78, 5) is 20.9. The van der Waals surface area contributed by atoms with Crippen LogP contribution in [0.5, 0.6) is 11.5 Å². The maximum absolute atomic E-state index is 12.8. The van der Waals surface area contributed by atoms with Crippen LogP contribution in [0.2, 0.25) is 0 Å². The van der Waals surface area contributed by atoms with Crippen LogP contribution < -0.4 is 21.1 Å². The number of hydrogen-bond donors (Lipinski definition) is 3. The third-order valence-corrected chi connectivity index (χ3v) is 5.72. The quantitative estimate of drug-likeness (QED) is 0.532. The van der Waals surface area contributed by atoms with E-state index < -0.39 is 0 Å². The van der Waals surface area contributed by atoms with Crippen LogP contribution in [0.4, 0.5) is 5.95 Å². The molecule has 0 spiro atoms. The van der Waals surface area contributed by atoms with Crippen LogP contribution in [-0.4, -0.2) is 33.0 Å². The molecule has 7 nitrogen and oxygen atoms in total. The van der Waals surface area contributed by atoms with Crippen LogP contribution >= 0.6 is 0 Å². The predicted octanol–water partition coefficient (Wildman–Crippen LogP) is 4.56. The maximum Gasteiger partial charge on any atom is 0.251 e. The molecule has 4 rings (SSSR count). The van der Waals surface area contributed by atoms with Gasteiger partial charge in [0.2, 0.25) is 5.95 Å². The first-order valence-electron chi connectivity index (χ1n) is 11.1. The summed E-state index contributed by atoms with van der Waals surface area (Å²) >= 11 is 0. The fourth-order valence-corrected chi connectivity index (χ4v) is 4.73. The number of nitrogens with one attached hydrogen (secondary N) is 2. The molecule has 0 aliphatic carbocycles. The molecule has 3 aromatic rings. The Morgan fingerprint density at radius 2 is 1.61 bits per heavy atom. The Labute approximate surface area is 194 Å². The van der Waals surface area contributed by atoms with Crippen molar-refractivity contribution in [1.29, 1.82) is 0 Å². The van der Waals surface area contributed by atoms with E-state index in [1.54, 1.807) is 24.5 Å². The zero-order valence-corrected chi connectivity index (χ0v) is 19.6. The number of carbonyl (C=O) groups is 1. The Morgan fingerprint density at radius 3 is 2.24 bits per heavy atom. The molecule has 0 unspecified atom stereocenters. The van der Waals surface area contributed by atoms with Crippen LogP contribution in [0.3, 0.4) is 0 Å². The lowest BCUT2D eigenvalue weighted by Gasteiger charge is -2.46. The molecular formula is C26H31N5O2. The second kappa shape index (κ2) is 8.83. The number of carbonyl (C=O) groups excluding carboxylic acids is 1. The zero-order chi connectivity index (χ0) is 23.6. The highest BCUT2D eigenvalue weighted by atomic mass is 16.5. The molecule has 33 heavy (non-hydrogen) atoms. The Bertz CT molecular complexity index is 1110. The van der Waals surface area contributed by atoms with Gasteiger partial charge < -0.3 is 21.1 Å². The van der Waals surface area contributed by atoms with Gasteiger partial charge in [-0.05, 0) is 82.5 Å². The Morgan fingerprint density at radius 1 is 0.970 bits per heavy atom. The lowest BCUT2D eigenvalue weighted by molar-refractivity contribution is 0.0873. The predicted molar refractivity (Wildman–Crippen MR) is 130 cm³/mol. The molecule has 0 radical (unpaired) electrons. The number of amides is 1. The number of rotatable bonds is 5. The molecule has 1 aromatic heterocycles. The van der Waals surface area contributed by atoms with Crippen LogP contribution in [0, 0.1) is 0 Å². The van der Waals surface area contributed by atoms with E-state index in [4.69, 9.17) is 10.5 Å². The molecule has 1 fully saturated rings. The third-order valence-electron chi connectivity index (χ3n) is 5.72. The van der Waals surface area contributed by atoms with Gasteiger partial charge in [0.25, 0.3) is 5.91 Å². The number of ether oxygens (including phenoxy) is 1. The minimum Gasteiger partial charge on any atom is -0.457 e. The summed E-state index contributed by atoms with van der Waals surface area (Å²) in [6.07, 6.45) is 5.14. The van der Waals surface area contributed by atoms with Gasteiger partial charge in [0.15, 0.2) is 0 Å². The number of benzene rings is 2. The second-order valence-electron chi connectivity index (χ2n) is 9.96. The first-order valence-corrected chi connectivity index (χ1v) is 11.1. The van der Waals surface area contributed by atoms with Crippen molar-refractivity contribution in [3.05, 3.63) is 66.5 Å². The maximum atomic E-state index is 12.8. The molecule has 1 aliphatic heterocycles. The summed E-state index contributed by atoms with van der Waals surface area (Å²) in [5.41, 5.74) is 7.92. The molecule has 172 valence electrons. The molecule has 4 N–H and O–H groups in total. The summed E-state index contributed by atoms with van der Waals surface area (Å²) in [7, 11) is 0. The van der Waals surface area contributed by atoms with E-state index in [0.29, 0.717) is 17.1 Å². The molecule has 1 saturated heterocycles. The van der Waals surface area contributed by atoms with Crippen molar-refractivity contribution in [3.8, 4) is 22.6 Å². The van der Waals surface area contributed by atoms with Gasteiger partial charge in [0, 0.05) is 40.6 Å². The van der Waals surface area contributed by atoms with E-state index in [2.05, 4.69) is 48.3 Å². The average molecular weight is 446 g/mol. The summed E-state index contributed by atoms with van der Waals surface area (Å²) < 4.78 is 6.00. The molecule has 0 atom stereocenters. The highest BCUT2D eigenvalue weighted by Crippen LogP contribution is 2.29. The zero-order valence-electron chi connectivity index (χ0n) is 19.6. The third kappa shape index (κ3) is 5.87. The largest absolute Gasteiger partial charge is 0.457 e. The smallest absolute Gasteiger partial charge is 0.251 e. The number of aromatic nitrogens is 2. The average Bonchev–Trinajstić information content (AvgIpc) is 2.72. The monoisotopic (exact) mass is 445 g/mol. The number of nitrogens with two attached hydrogens (primary N) is 1. The number of nitrogen functional groups attached to an aromatic ring is 1. The Balaban J connectivity index is 1.41. The van der Waals surface area contributed by atoms with Crippen LogP contribution in [0.1, 0.15) is 50.9 Å². The lowest BCUT2D eigenvalue weighted by atomic mass is 9.79. The fourth-order valence-electron chi connectivity index (χ4n) is 4.73. The highest BCUT2D eigenvalue weighted by molar-refractivity contribution is 5.94. The van der Waals surface area contributed by atoms with Crippen molar-refractivity contribution in [1.82, 2.24) is 20.6 Å². The minimum absolute atomic E-state index is 0.0234. The fraction of sp³-hybridized carbons (Fsp3) is 0.346. The van der Waals surface area contributed by atoms with Crippen LogP contribution in [0.15, 0.2) is 60.9 Å². The molecule has 0 bridgehead atoms. The van der Waals surface area contributed by atoms with Crippen molar-refractivity contribution < 1.29 is 9.53 Å². The SMILES string of the molecule is CC1(C)CC(NC(=O)c2ccc(Oc3cccc(-c4cnc(N)nc4)c3)cc2)CC(C)(C)N1. The molecule has 0 saturated carbocycles. The summed E-state index contributed by atoms with van der Waals surface area (Å²) in [6.45, 7) is 8.70. The normalized spacial score (nSPS) is 17.3. The molecule has 2 aromatic carbocycles. The number of hydrogen-bond acceptors (Lipinski definition) is 6. The van der Waals surface area contributed by atoms with Gasteiger partial charge in [0.1, 0.15) is 11.5 Å². The van der Waals surface area contributed by atoms with E-state index in [0.717, 1.165) is 24.0 Å². The van der Waals surface area contributed by atoms with Crippen molar-refractivity contribution >= 4 is 11.9 Å². The van der Waals surface area contributed by atoms with Crippen molar-refractivity contribution in [2.75, 3.05) is 5.73 Å². The lowest BCUT2D eigenvalue weighted by Crippen LogP contribution is -2.62. The minimum atomic E-state index is -0.0644. The number of nitrogens with zero attached hydrogens (tertiary/aromatic N) is 2. The molecule has 7 heteroatoms. The van der Waals surface area contributed by atoms with Crippen molar-refractivity contribution in [3.63, 3.8) is 0 Å². The topological polar surface area (TPSA) is 102 Å². The van der Waals surface area contributed by atoms with E-state index in [1.165, 1.54) is 0 Å². The van der Waals surface area contributed by atoms with E-state index in [-0.39, 0.29) is 29.0 Å². The first-order chi connectivity index (χ1) is 15.6. The van der Waals surface area contributed by atoms with Gasteiger partial charge in [-0.3, -0.25) is 4.79 Å². The standard InChI is InChI=1S/C26H31N5O2/c1-25(2)13-20(14-26(3,4)31-25)30-23(32)17-8-10-21(11-9-17)33-22-7-5-6-18(12-22)19-15-28-24(27)29-16-19/h5-12,15-16,20,31H,13-14H2,1-4H3,(H,30,32)(H2,27,28,29). The number of anilines is 1. The molecule has 1 amide bonds. The van der Waals surface area contributed by atoms with Gasteiger partial charge in [-0.2, -0.15) is 0 Å². The van der Waals surface area contributed by atoms with Gasteiger partial charge in [-0.15, -0.1) is 0 Å². The molecule has 2 heterocycles. The molecular weight excluding hydrogens is 414 g/mol. The summed E-state index contributed by atoms with van der Waals surface area (Å²) in [6, 6.07) is 15.0. The van der Waals surface area contributed by atoms with Gasteiger partial charge in [0.05, 0.1) is 0 Å². The van der Waals surface area contributed by atoms with Crippen LogP contribution in [0.25, 0.3) is 11.1 Å². The van der Waals surface area contributed by atoms with Crippen LogP contribution in [-0.2, 0) is 0 Å².